The van der Waals surface area contributed by atoms with E-state index in [-0.39, 0.29) is 31.0 Å². The number of nitrogens with zero attached hydrogens (tertiary/aromatic N) is 1. The molecule has 0 saturated heterocycles. The predicted octanol–water partition coefficient (Wildman–Crippen LogP) is 5.40. The van der Waals surface area contributed by atoms with Gasteiger partial charge in [-0.05, 0) is 53.3 Å². The number of fused-ring (bicyclic) bond motifs is 3. The second-order valence-electron chi connectivity index (χ2n) is 10.1. The molecule has 2 amide bonds. The van der Waals surface area contributed by atoms with Crippen LogP contribution in [0.2, 0.25) is 0 Å². The van der Waals surface area contributed by atoms with E-state index in [2.05, 4.69) is 35.8 Å². The normalized spacial score (nSPS) is 18.9. The highest BCUT2D eigenvalue weighted by Crippen LogP contribution is 2.43. The highest BCUT2D eigenvalue weighted by atomic mass is 19.1. The number of rotatable bonds is 9. The number of hydrogen-bond donors (Lipinski definition) is 3. The third kappa shape index (κ3) is 6.10. The number of anilines is 1. The van der Waals surface area contributed by atoms with Gasteiger partial charge in [-0.2, -0.15) is 0 Å². The van der Waals surface area contributed by atoms with E-state index in [4.69, 9.17) is 0 Å². The zero-order valence-electron chi connectivity index (χ0n) is 21.9. The van der Waals surface area contributed by atoms with Crippen molar-refractivity contribution in [3.05, 3.63) is 125 Å². The van der Waals surface area contributed by atoms with E-state index in [1.54, 1.807) is 4.90 Å². The number of benzene rings is 3. The van der Waals surface area contributed by atoms with Gasteiger partial charge in [0.15, 0.2) is 0 Å². The van der Waals surface area contributed by atoms with E-state index in [0.717, 1.165) is 29.3 Å². The number of aryl methyl sites for hydroxylation is 1. The minimum atomic E-state index is -1.01. The van der Waals surface area contributed by atoms with E-state index in [1.807, 2.05) is 54.6 Å². The first-order chi connectivity index (χ1) is 18.9. The van der Waals surface area contributed by atoms with Gasteiger partial charge in [0.25, 0.3) is 0 Å². The number of urea groups is 1. The number of aliphatic hydroxyl groups excluding tert-OH is 1. The van der Waals surface area contributed by atoms with Crippen LogP contribution in [0.1, 0.15) is 35.1 Å². The molecule has 5 nitrogen and oxygen atoms in total. The molecule has 2 unspecified atom stereocenters. The molecule has 4 atom stereocenters. The van der Waals surface area contributed by atoms with Crippen LogP contribution in [-0.4, -0.2) is 35.9 Å². The molecular weight excluding hydrogens is 496 g/mol. The Morgan fingerprint density at radius 2 is 1.69 bits per heavy atom. The van der Waals surface area contributed by atoms with Crippen LogP contribution in [-0.2, 0) is 19.4 Å². The van der Waals surface area contributed by atoms with Gasteiger partial charge in [0, 0.05) is 25.1 Å². The van der Waals surface area contributed by atoms with Crippen molar-refractivity contribution in [1.29, 1.82) is 0 Å². The summed E-state index contributed by atoms with van der Waals surface area (Å²) in [5.74, 6) is -1.36. The Labute approximate surface area is 227 Å². The molecule has 0 fully saturated rings. The number of aliphatic hydroxyl groups is 1. The van der Waals surface area contributed by atoms with Gasteiger partial charge in [-0.1, -0.05) is 73.7 Å². The van der Waals surface area contributed by atoms with E-state index in [9.17, 15) is 18.7 Å². The summed E-state index contributed by atoms with van der Waals surface area (Å²) < 4.78 is 27.9. The van der Waals surface area contributed by atoms with Crippen molar-refractivity contribution in [3.8, 4) is 0 Å². The molecule has 0 spiro atoms. The molecule has 5 rings (SSSR count). The van der Waals surface area contributed by atoms with Gasteiger partial charge in [0.05, 0.1) is 23.9 Å². The highest BCUT2D eigenvalue weighted by molar-refractivity contribution is 5.96. The summed E-state index contributed by atoms with van der Waals surface area (Å²) in [6, 6.07) is 17.9. The molecule has 2 aliphatic rings. The van der Waals surface area contributed by atoms with Crippen molar-refractivity contribution in [2.45, 2.75) is 50.4 Å². The Morgan fingerprint density at radius 1 is 0.949 bits per heavy atom. The standard InChI is InChI=1S/C32H33F2N3O2/c1-2-21-8-7-9-22(14-21)19-35-20-31(38)28(17-23-15-24(33)18-25(34)16-23)36-32(39)37-29-12-5-3-10-26(29)27-11-4-6-13-30(27)37/h3-16,18,26,28-29,31,35,38H,2,17,19-20H2,1H3,(H,36,39)/t26?,28-,29?,31+/m0/s1. The molecule has 0 radical (unpaired) electrons. The maximum absolute atomic E-state index is 14.0. The van der Waals surface area contributed by atoms with Crippen molar-refractivity contribution >= 4 is 11.7 Å². The molecule has 0 saturated carbocycles. The highest BCUT2D eigenvalue weighted by Gasteiger charge is 2.40. The van der Waals surface area contributed by atoms with Gasteiger partial charge in [-0.25, -0.2) is 13.6 Å². The number of carbonyl (C=O) groups excluding carboxylic acids is 1. The van der Waals surface area contributed by atoms with Gasteiger partial charge < -0.3 is 15.7 Å². The Bertz CT molecular complexity index is 1370. The summed E-state index contributed by atoms with van der Waals surface area (Å²) in [6.45, 7) is 2.82. The number of nitrogens with one attached hydrogen (secondary N) is 2. The minimum Gasteiger partial charge on any atom is -0.390 e. The zero-order valence-corrected chi connectivity index (χ0v) is 21.9. The van der Waals surface area contributed by atoms with Crippen LogP contribution in [0.4, 0.5) is 19.3 Å². The number of allylic oxidation sites excluding steroid dienone is 2. The van der Waals surface area contributed by atoms with Crippen molar-refractivity contribution in [1.82, 2.24) is 10.6 Å². The van der Waals surface area contributed by atoms with Crippen LogP contribution in [0.3, 0.4) is 0 Å². The summed E-state index contributed by atoms with van der Waals surface area (Å²) >= 11 is 0. The predicted molar refractivity (Wildman–Crippen MR) is 150 cm³/mol. The number of halogens is 2. The molecule has 1 heterocycles. The first-order valence-electron chi connectivity index (χ1n) is 13.4. The first-order valence-corrected chi connectivity index (χ1v) is 13.4. The summed E-state index contributed by atoms with van der Waals surface area (Å²) in [4.78, 5) is 15.4. The summed E-state index contributed by atoms with van der Waals surface area (Å²) in [5, 5.41) is 17.4. The van der Waals surface area contributed by atoms with Crippen molar-refractivity contribution in [2.24, 2.45) is 0 Å². The van der Waals surface area contributed by atoms with Crippen molar-refractivity contribution in [3.63, 3.8) is 0 Å². The average molecular weight is 530 g/mol. The van der Waals surface area contributed by atoms with Crippen LogP contribution in [0.15, 0.2) is 91.0 Å². The second-order valence-corrected chi connectivity index (χ2v) is 10.1. The van der Waals surface area contributed by atoms with Gasteiger partial charge in [-0.15, -0.1) is 0 Å². The molecule has 39 heavy (non-hydrogen) atoms. The number of para-hydroxylation sites is 1. The molecule has 1 aliphatic heterocycles. The van der Waals surface area contributed by atoms with Gasteiger partial charge in [-0.3, -0.25) is 4.90 Å². The second kappa shape index (κ2) is 11.9. The lowest BCUT2D eigenvalue weighted by atomic mass is 9.92. The average Bonchev–Trinajstić information content (AvgIpc) is 3.27. The molecule has 3 aromatic carbocycles. The molecule has 202 valence electrons. The molecule has 3 N–H and O–H groups in total. The van der Waals surface area contributed by atoms with Crippen molar-refractivity contribution < 1.29 is 18.7 Å². The molecule has 7 heteroatoms. The summed E-state index contributed by atoms with van der Waals surface area (Å²) in [5.41, 5.74) is 4.53. The molecule has 0 aromatic heterocycles. The van der Waals surface area contributed by atoms with Gasteiger partial charge in [0.2, 0.25) is 0 Å². The molecular formula is C32H33F2N3O2. The lowest BCUT2D eigenvalue weighted by Crippen LogP contribution is -2.54. The van der Waals surface area contributed by atoms with Crippen LogP contribution in [0.25, 0.3) is 0 Å². The van der Waals surface area contributed by atoms with Crippen LogP contribution >= 0.6 is 0 Å². The maximum atomic E-state index is 14.0. The summed E-state index contributed by atoms with van der Waals surface area (Å²) in [6.07, 6.45) is 7.96. The van der Waals surface area contributed by atoms with Crippen LogP contribution < -0.4 is 15.5 Å². The third-order valence-corrected chi connectivity index (χ3v) is 7.41. The lowest BCUT2D eigenvalue weighted by Gasteiger charge is -2.31. The van der Waals surface area contributed by atoms with E-state index in [1.165, 1.54) is 17.7 Å². The SMILES string of the molecule is CCc1cccc(CNC[C@@H](O)[C@H](Cc2cc(F)cc(F)c2)NC(=O)N2c3ccccc3C3C=CC=CC32)c1. The first kappa shape index (κ1) is 26.8. The van der Waals surface area contributed by atoms with Crippen LogP contribution in [0, 0.1) is 11.6 Å². The maximum Gasteiger partial charge on any atom is 0.322 e. The largest absolute Gasteiger partial charge is 0.390 e. The number of amides is 2. The monoisotopic (exact) mass is 529 g/mol. The molecule has 1 aliphatic carbocycles. The lowest BCUT2D eigenvalue weighted by molar-refractivity contribution is 0.127. The fourth-order valence-corrected chi connectivity index (χ4v) is 5.48. The van der Waals surface area contributed by atoms with Gasteiger partial charge >= 0.3 is 6.03 Å². The quantitative estimate of drug-likeness (QED) is 0.348. The Morgan fingerprint density at radius 3 is 2.49 bits per heavy atom. The van der Waals surface area contributed by atoms with E-state index < -0.39 is 23.8 Å². The number of hydrogen-bond acceptors (Lipinski definition) is 3. The smallest absolute Gasteiger partial charge is 0.322 e. The van der Waals surface area contributed by atoms with E-state index in [0.29, 0.717) is 12.1 Å². The Kier molecular flexibility index (Phi) is 8.19. The number of carbonyl (C=O) groups is 1. The molecule has 3 aromatic rings. The summed E-state index contributed by atoms with van der Waals surface area (Å²) in [7, 11) is 0. The van der Waals surface area contributed by atoms with Gasteiger partial charge in [0.1, 0.15) is 11.6 Å². The topological polar surface area (TPSA) is 64.6 Å². The van der Waals surface area contributed by atoms with Crippen molar-refractivity contribution in [2.75, 3.05) is 11.4 Å². The zero-order chi connectivity index (χ0) is 27.4. The Hall–Kier alpha value is -3.81. The van der Waals surface area contributed by atoms with E-state index >= 15 is 0 Å². The minimum absolute atomic E-state index is 0.0400. The third-order valence-electron chi connectivity index (χ3n) is 7.41. The van der Waals surface area contributed by atoms with Crippen LogP contribution in [0.5, 0.6) is 0 Å². The fourth-order valence-electron chi connectivity index (χ4n) is 5.48. The fraction of sp³-hybridized carbons (Fsp3) is 0.281. The Balaban J connectivity index is 1.34. The molecule has 0 bridgehead atoms.